The predicted octanol–water partition coefficient (Wildman–Crippen LogP) is 1.54. The van der Waals surface area contributed by atoms with Gasteiger partial charge in [0.05, 0.1) is 12.2 Å². The van der Waals surface area contributed by atoms with E-state index in [-0.39, 0.29) is 18.1 Å². The van der Waals surface area contributed by atoms with Crippen molar-refractivity contribution in [2.75, 3.05) is 31.6 Å². The lowest BCUT2D eigenvalue weighted by Gasteiger charge is -2.38. The second kappa shape index (κ2) is 6.83. The highest BCUT2D eigenvalue weighted by atomic mass is 16.5. The molecule has 0 aromatic heterocycles. The van der Waals surface area contributed by atoms with Gasteiger partial charge in [0.2, 0.25) is 5.91 Å². The van der Waals surface area contributed by atoms with Crippen LogP contribution in [0.25, 0.3) is 0 Å². The predicted molar refractivity (Wildman–Crippen MR) is 77.6 cm³/mol. The molecule has 5 heteroatoms. The number of hydrogen-bond acceptors (Lipinski definition) is 4. The number of benzene rings is 1. The summed E-state index contributed by atoms with van der Waals surface area (Å²) in [6, 6.07) is 7.65. The fraction of sp³-hybridized carbons (Fsp3) is 0.533. The maximum absolute atomic E-state index is 11.9. The summed E-state index contributed by atoms with van der Waals surface area (Å²) >= 11 is 0. The highest BCUT2D eigenvalue weighted by Gasteiger charge is 2.33. The lowest BCUT2D eigenvalue weighted by molar-refractivity contribution is -0.130. The van der Waals surface area contributed by atoms with E-state index in [0.29, 0.717) is 13.2 Å². The number of ether oxygens (including phenoxy) is 2. The second-order valence-corrected chi connectivity index (χ2v) is 5.18. The maximum atomic E-state index is 11.9. The lowest BCUT2D eigenvalue weighted by atomic mass is 10.0. The largest absolute Gasteiger partial charge is 0.377 e. The van der Waals surface area contributed by atoms with Crippen molar-refractivity contribution in [2.24, 2.45) is 0 Å². The summed E-state index contributed by atoms with van der Waals surface area (Å²) in [6.07, 6.45) is 0. The summed E-state index contributed by atoms with van der Waals surface area (Å²) in [6.45, 7) is 6.75. The fourth-order valence-corrected chi connectivity index (χ4v) is 1.99. The molecule has 1 aromatic rings. The van der Waals surface area contributed by atoms with Gasteiger partial charge >= 0.3 is 0 Å². The summed E-state index contributed by atoms with van der Waals surface area (Å²) in [5.74, 6) is -0.137. The Bertz CT molecular complexity index is 458. The molecule has 1 aliphatic rings. The number of amides is 1. The van der Waals surface area contributed by atoms with Crippen molar-refractivity contribution in [3.8, 4) is 0 Å². The number of carbonyl (C=O) groups excluding carboxylic acids is 1. The van der Waals surface area contributed by atoms with Gasteiger partial charge in [-0.05, 0) is 19.9 Å². The van der Waals surface area contributed by atoms with E-state index < -0.39 is 0 Å². The minimum absolute atomic E-state index is 0.0706. The SMILES string of the molecule is CCOCc1ccccc1NC(=O)COC1(C)CNC1. The number of para-hydroxylation sites is 1. The van der Waals surface area contributed by atoms with Gasteiger partial charge in [-0.25, -0.2) is 0 Å². The number of anilines is 1. The molecule has 1 aromatic carbocycles. The van der Waals surface area contributed by atoms with Gasteiger partial charge in [-0.1, -0.05) is 18.2 Å². The quantitative estimate of drug-likeness (QED) is 0.794. The number of nitrogens with one attached hydrogen (secondary N) is 2. The van der Waals surface area contributed by atoms with Crippen LogP contribution in [0.1, 0.15) is 19.4 Å². The molecule has 1 saturated heterocycles. The third kappa shape index (κ3) is 4.03. The molecule has 0 unspecified atom stereocenters. The summed E-state index contributed by atoms with van der Waals surface area (Å²) in [4.78, 5) is 11.9. The topological polar surface area (TPSA) is 59.6 Å². The monoisotopic (exact) mass is 278 g/mol. The first-order valence-electron chi connectivity index (χ1n) is 6.93. The van der Waals surface area contributed by atoms with Crippen LogP contribution in [0.4, 0.5) is 5.69 Å². The molecule has 0 bridgehead atoms. The van der Waals surface area contributed by atoms with Crippen LogP contribution in [0.2, 0.25) is 0 Å². The first-order chi connectivity index (χ1) is 9.63. The number of carbonyl (C=O) groups is 1. The average Bonchev–Trinajstić information content (AvgIpc) is 2.42. The molecule has 0 atom stereocenters. The zero-order chi connectivity index (χ0) is 14.4. The van der Waals surface area contributed by atoms with Gasteiger partial charge in [0.25, 0.3) is 0 Å². The molecule has 5 nitrogen and oxygen atoms in total. The minimum atomic E-state index is -0.206. The second-order valence-electron chi connectivity index (χ2n) is 5.18. The van der Waals surface area contributed by atoms with Crippen LogP contribution in [-0.2, 0) is 20.9 Å². The van der Waals surface area contributed by atoms with Crippen molar-refractivity contribution in [2.45, 2.75) is 26.1 Å². The first kappa shape index (κ1) is 15.0. The van der Waals surface area contributed by atoms with Gasteiger partial charge in [0, 0.05) is 30.9 Å². The Morgan fingerprint density at radius 1 is 1.40 bits per heavy atom. The molecule has 0 spiro atoms. The molecule has 20 heavy (non-hydrogen) atoms. The van der Waals surface area contributed by atoms with Crippen molar-refractivity contribution in [1.82, 2.24) is 5.32 Å². The Hall–Kier alpha value is -1.43. The smallest absolute Gasteiger partial charge is 0.250 e. The Morgan fingerprint density at radius 2 is 2.15 bits per heavy atom. The van der Waals surface area contributed by atoms with Crippen LogP contribution in [0.15, 0.2) is 24.3 Å². The van der Waals surface area contributed by atoms with Crippen molar-refractivity contribution < 1.29 is 14.3 Å². The zero-order valence-electron chi connectivity index (χ0n) is 12.1. The van der Waals surface area contributed by atoms with Crippen molar-refractivity contribution in [1.29, 1.82) is 0 Å². The van der Waals surface area contributed by atoms with Crippen LogP contribution in [0, 0.1) is 0 Å². The van der Waals surface area contributed by atoms with Gasteiger partial charge in [0.1, 0.15) is 6.61 Å². The molecule has 1 aliphatic heterocycles. The van der Waals surface area contributed by atoms with Crippen LogP contribution in [0.3, 0.4) is 0 Å². The van der Waals surface area contributed by atoms with Crippen molar-refractivity contribution in [3.05, 3.63) is 29.8 Å². The van der Waals surface area contributed by atoms with Crippen LogP contribution < -0.4 is 10.6 Å². The molecule has 1 fully saturated rings. The van der Waals surface area contributed by atoms with E-state index in [9.17, 15) is 4.79 Å². The van der Waals surface area contributed by atoms with E-state index >= 15 is 0 Å². The summed E-state index contributed by atoms with van der Waals surface area (Å²) < 4.78 is 11.0. The zero-order valence-corrected chi connectivity index (χ0v) is 12.1. The molecule has 2 N–H and O–H groups in total. The Kier molecular flexibility index (Phi) is 5.11. The molecule has 0 aliphatic carbocycles. The van der Waals surface area contributed by atoms with E-state index in [1.165, 1.54) is 0 Å². The maximum Gasteiger partial charge on any atom is 0.250 e. The Balaban J connectivity index is 1.86. The normalized spacial score (nSPS) is 16.5. The molecule has 110 valence electrons. The third-order valence-electron chi connectivity index (χ3n) is 3.30. The summed E-state index contributed by atoms with van der Waals surface area (Å²) in [7, 11) is 0. The molecular weight excluding hydrogens is 256 g/mol. The average molecular weight is 278 g/mol. The van der Waals surface area contributed by atoms with Crippen LogP contribution in [-0.4, -0.2) is 37.8 Å². The Labute approximate surface area is 119 Å². The number of hydrogen-bond donors (Lipinski definition) is 2. The standard InChI is InChI=1S/C15H22N2O3/c1-3-19-8-12-6-4-5-7-13(12)17-14(18)9-20-15(2)10-16-11-15/h4-7,16H,3,8-11H2,1-2H3,(H,17,18). The minimum Gasteiger partial charge on any atom is -0.377 e. The van der Waals surface area contributed by atoms with Gasteiger partial charge in [-0.15, -0.1) is 0 Å². The highest BCUT2D eigenvalue weighted by Crippen LogP contribution is 2.17. The van der Waals surface area contributed by atoms with Crippen LogP contribution in [0.5, 0.6) is 0 Å². The summed E-state index contributed by atoms with van der Waals surface area (Å²) in [5.41, 5.74) is 1.55. The van der Waals surface area contributed by atoms with Gasteiger partial charge < -0.3 is 20.1 Å². The number of rotatable bonds is 7. The Morgan fingerprint density at radius 3 is 2.80 bits per heavy atom. The van der Waals surface area contributed by atoms with E-state index in [2.05, 4.69) is 10.6 Å². The fourth-order valence-electron chi connectivity index (χ4n) is 1.99. The van der Waals surface area contributed by atoms with Gasteiger partial charge in [-0.3, -0.25) is 4.79 Å². The van der Waals surface area contributed by atoms with E-state index in [0.717, 1.165) is 24.3 Å². The van der Waals surface area contributed by atoms with Crippen LogP contribution >= 0.6 is 0 Å². The molecule has 1 heterocycles. The van der Waals surface area contributed by atoms with E-state index in [1.807, 2.05) is 38.1 Å². The summed E-state index contributed by atoms with van der Waals surface area (Å²) in [5, 5.41) is 6.01. The third-order valence-corrected chi connectivity index (χ3v) is 3.30. The van der Waals surface area contributed by atoms with E-state index in [4.69, 9.17) is 9.47 Å². The molecule has 1 amide bonds. The lowest BCUT2D eigenvalue weighted by Crippen LogP contribution is -2.59. The molecule has 0 saturated carbocycles. The van der Waals surface area contributed by atoms with Gasteiger partial charge in [-0.2, -0.15) is 0 Å². The van der Waals surface area contributed by atoms with Crippen molar-refractivity contribution in [3.63, 3.8) is 0 Å². The highest BCUT2D eigenvalue weighted by molar-refractivity contribution is 5.92. The molecule has 2 rings (SSSR count). The first-order valence-corrected chi connectivity index (χ1v) is 6.93. The van der Waals surface area contributed by atoms with Gasteiger partial charge in [0.15, 0.2) is 0 Å². The molecular formula is C15H22N2O3. The van der Waals surface area contributed by atoms with Crippen molar-refractivity contribution >= 4 is 11.6 Å². The molecule has 0 radical (unpaired) electrons. The van der Waals surface area contributed by atoms with E-state index in [1.54, 1.807) is 0 Å².